The number of fused-ring (bicyclic) bond motifs is 2. The van der Waals surface area contributed by atoms with Crippen molar-refractivity contribution in [1.82, 2.24) is 40.3 Å². The second kappa shape index (κ2) is 14.9. The summed E-state index contributed by atoms with van der Waals surface area (Å²) in [6.45, 7) is 11.1. The summed E-state index contributed by atoms with van der Waals surface area (Å²) in [5.41, 5.74) is 6.25. The molecule has 0 spiro atoms. The monoisotopic (exact) mass is 550 g/mol. The molecule has 6 aromatic heterocycles. The summed E-state index contributed by atoms with van der Waals surface area (Å²) >= 11 is 0. The first kappa shape index (κ1) is 30.4. The summed E-state index contributed by atoms with van der Waals surface area (Å²) in [6.07, 6.45) is 10.7. The fourth-order valence-corrected chi connectivity index (χ4v) is 3.88. The number of ketones is 2. The Morgan fingerprint density at radius 2 is 1.32 bits per heavy atom. The van der Waals surface area contributed by atoms with Gasteiger partial charge in [-0.3, -0.25) is 39.7 Å². The molecule has 41 heavy (non-hydrogen) atoms. The molecular weight excluding hydrogens is 516 g/mol. The van der Waals surface area contributed by atoms with Gasteiger partial charge in [-0.1, -0.05) is 27.7 Å². The summed E-state index contributed by atoms with van der Waals surface area (Å²) in [5, 5.41) is 15.6. The van der Waals surface area contributed by atoms with Gasteiger partial charge in [0.2, 0.25) is 0 Å². The molecule has 0 aliphatic rings. The number of aromatic nitrogens is 8. The van der Waals surface area contributed by atoms with Crippen LogP contribution in [0.15, 0.2) is 73.6 Å². The van der Waals surface area contributed by atoms with Crippen molar-refractivity contribution >= 4 is 33.4 Å². The number of Topliss-reactive ketones (excluding diaryl/α,β-unsaturated/α-hetero) is 2. The van der Waals surface area contributed by atoms with Gasteiger partial charge in [-0.25, -0.2) is 0 Å². The first-order valence-corrected chi connectivity index (χ1v) is 13.5. The van der Waals surface area contributed by atoms with E-state index in [4.69, 9.17) is 0 Å². The van der Waals surface area contributed by atoms with Crippen LogP contribution >= 0.6 is 0 Å². The van der Waals surface area contributed by atoms with E-state index in [1.165, 1.54) is 6.92 Å². The highest BCUT2D eigenvalue weighted by Gasteiger charge is 2.12. The molecule has 10 nitrogen and oxygen atoms in total. The smallest absolute Gasteiger partial charge is 0.180 e. The minimum atomic E-state index is -0.0652. The quantitative estimate of drug-likeness (QED) is 0.234. The molecule has 0 radical (unpaired) electrons. The van der Waals surface area contributed by atoms with Crippen molar-refractivity contribution in [3.8, 4) is 22.5 Å². The number of H-pyrrole nitrogens is 2. The average molecular weight is 551 g/mol. The van der Waals surface area contributed by atoms with Crippen LogP contribution in [-0.2, 0) is 11.2 Å². The Kier molecular flexibility index (Phi) is 11.0. The van der Waals surface area contributed by atoms with E-state index in [0.717, 1.165) is 50.0 Å². The molecule has 6 heterocycles. The Morgan fingerprint density at radius 3 is 1.85 bits per heavy atom. The molecule has 0 saturated heterocycles. The lowest BCUT2D eigenvalue weighted by Crippen LogP contribution is -1.97. The van der Waals surface area contributed by atoms with Crippen LogP contribution < -0.4 is 0 Å². The predicted octanol–water partition coefficient (Wildman–Crippen LogP) is 6.43. The van der Waals surface area contributed by atoms with Crippen LogP contribution in [-0.4, -0.2) is 51.9 Å². The van der Waals surface area contributed by atoms with Crippen LogP contribution in [0.4, 0.5) is 0 Å². The summed E-state index contributed by atoms with van der Waals surface area (Å²) in [6, 6.07) is 11.4. The molecule has 0 aliphatic carbocycles. The number of hydrogen-bond acceptors (Lipinski definition) is 8. The van der Waals surface area contributed by atoms with Gasteiger partial charge in [0.05, 0.1) is 35.0 Å². The first-order valence-electron chi connectivity index (χ1n) is 13.5. The van der Waals surface area contributed by atoms with E-state index in [1.807, 2.05) is 64.1 Å². The van der Waals surface area contributed by atoms with Gasteiger partial charge in [-0.05, 0) is 43.3 Å². The van der Waals surface area contributed by atoms with Crippen LogP contribution in [0.1, 0.15) is 57.7 Å². The first-order chi connectivity index (χ1) is 20.0. The van der Waals surface area contributed by atoms with Gasteiger partial charge in [0.1, 0.15) is 17.0 Å². The van der Waals surface area contributed by atoms with Gasteiger partial charge in [0.25, 0.3) is 0 Å². The molecule has 0 amide bonds. The zero-order valence-electron chi connectivity index (χ0n) is 24.1. The number of aromatic amines is 2. The minimum Gasteiger partial charge on any atom is -0.300 e. The molecule has 0 fully saturated rings. The lowest BCUT2D eigenvalue weighted by atomic mass is 10.1. The van der Waals surface area contributed by atoms with Crippen LogP contribution in [0.2, 0.25) is 0 Å². The fourth-order valence-electron chi connectivity index (χ4n) is 3.88. The second-order valence-electron chi connectivity index (χ2n) is 8.39. The third-order valence-corrected chi connectivity index (χ3v) is 5.64. The molecule has 210 valence electrons. The Labute approximate surface area is 238 Å². The van der Waals surface area contributed by atoms with Gasteiger partial charge in [0, 0.05) is 60.0 Å². The van der Waals surface area contributed by atoms with Crippen molar-refractivity contribution in [2.24, 2.45) is 0 Å². The number of rotatable bonds is 5. The van der Waals surface area contributed by atoms with Crippen molar-refractivity contribution in [1.29, 1.82) is 0 Å². The Hall–Kier alpha value is -5.12. The van der Waals surface area contributed by atoms with Gasteiger partial charge in [0.15, 0.2) is 5.78 Å². The number of carbonyl (C=O) groups is 2. The number of nitrogens with one attached hydrogen (secondary N) is 2. The summed E-state index contributed by atoms with van der Waals surface area (Å²) < 4.78 is 0. The minimum absolute atomic E-state index is 0.0652. The molecule has 2 N–H and O–H groups in total. The van der Waals surface area contributed by atoms with E-state index in [2.05, 4.69) is 40.3 Å². The standard InChI is InChI=1S/C14H12N4O.C13H10N4O.2C2H6/c1-9(19)5-13-11-6-12(10-3-2-4-15-7-10)16-8-14(11)18-17-13;1-8(18)13-10-5-11(9-3-2-4-14-6-9)15-7-12(10)16-17-13;2*1-2/h2-4,6-8H,5H2,1H3,(H,17,18);2-7H,1H3,(H,16,17);2*1-2H3. The molecule has 10 heteroatoms. The molecule has 0 saturated carbocycles. The highest BCUT2D eigenvalue weighted by molar-refractivity contribution is 6.05. The lowest BCUT2D eigenvalue weighted by molar-refractivity contribution is -0.116. The average Bonchev–Trinajstić information content (AvgIpc) is 3.64. The molecule has 0 unspecified atom stereocenters. The van der Waals surface area contributed by atoms with Gasteiger partial charge in [-0.15, -0.1) is 0 Å². The van der Waals surface area contributed by atoms with Crippen LogP contribution in [0.25, 0.3) is 44.3 Å². The van der Waals surface area contributed by atoms with Crippen molar-refractivity contribution < 1.29 is 9.59 Å². The number of carbonyl (C=O) groups excluding carboxylic acids is 2. The maximum absolute atomic E-state index is 11.5. The number of nitrogens with zero attached hydrogens (tertiary/aromatic N) is 6. The van der Waals surface area contributed by atoms with Crippen LogP contribution in [0.3, 0.4) is 0 Å². The third kappa shape index (κ3) is 7.51. The van der Waals surface area contributed by atoms with Gasteiger partial charge >= 0.3 is 0 Å². The second-order valence-corrected chi connectivity index (χ2v) is 8.39. The summed E-state index contributed by atoms with van der Waals surface area (Å²) in [4.78, 5) is 39.5. The zero-order valence-corrected chi connectivity index (χ0v) is 24.1. The summed E-state index contributed by atoms with van der Waals surface area (Å²) in [7, 11) is 0. The van der Waals surface area contributed by atoms with Crippen LogP contribution in [0, 0.1) is 0 Å². The normalized spacial score (nSPS) is 10.0. The fraction of sp³-hybridized carbons (Fsp3) is 0.226. The SMILES string of the molecule is CC.CC.CC(=O)Cc1[nH]nc2cnc(-c3cccnc3)cc12.CC(=O)c1n[nH]c2cnc(-c3cccnc3)cc12. The predicted molar refractivity (Wildman–Crippen MR) is 161 cm³/mol. The molecule has 6 rings (SSSR count). The van der Waals surface area contributed by atoms with Crippen molar-refractivity contribution in [3.05, 3.63) is 85.0 Å². The molecular formula is C31H34N8O2. The van der Waals surface area contributed by atoms with E-state index < -0.39 is 0 Å². The van der Waals surface area contributed by atoms with E-state index in [1.54, 1.807) is 44.1 Å². The van der Waals surface area contributed by atoms with Crippen molar-refractivity contribution in [2.45, 2.75) is 48.0 Å². The van der Waals surface area contributed by atoms with E-state index in [0.29, 0.717) is 12.1 Å². The molecule has 6 aromatic rings. The molecule has 0 aliphatic heterocycles. The molecule has 0 bridgehead atoms. The summed E-state index contributed by atoms with van der Waals surface area (Å²) in [5.74, 6) is 0.0369. The zero-order chi connectivity index (χ0) is 29.8. The van der Waals surface area contributed by atoms with Crippen LogP contribution in [0.5, 0.6) is 0 Å². The largest absolute Gasteiger partial charge is 0.300 e. The van der Waals surface area contributed by atoms with E-state index >= 15 is 0 Å². The lowest BCUT2D eigenvalue weighted by Gasteiger charge is -2.00. The number of pyridine rings is 4. The molecule has 0 atom stereocenters. The van der Waals surface area contributed by atoms with Crippen molar-refractivity contribution in [3.63, 3.8) is 0 Å². The third-order valence-electron chi connectivity index (χ3n) is 5.64. The topological polar surface area (TPSA) is 143 Å². The van der Waals surface area contributed by atoms with E-state index in [-0.39, 0.29) is 11.6 Å². The highest BCUT2D eigenvalue weighted by atomic mass is 16.1. The van der Waals surface area contributed by atoms with Crippen molar-refractivity contribution in [2.75, 3.05) is 0 Å². The Bertz CT molecular complexity index is 1710. The van der Waals surface area contributed by atoms with Gasteiger partial charge in [-0.2, -0.15) is 10.2 Å². The Balaban J connectivity index is 0.000000202. The number of hydrogen-bond donors (Lipinski definition) is 2. The van der Waals surface area contributed by atoms with Gasteiger partial charge < -0.3 is 0 Å². The maximum Gasteiger partial charge on any atom is 0.180 e. The Morgan fingerprint density at radius 1 is 0.732 bits per heavy atom. The highest BCUT2D eigenvalue weighted by Crippen LogP contribution is 2.23. The molecule has 0 aromatic carbocycles. The van der Waals surface area contributed by atoms with E-state index in [9.17, 15) is 9.59 Å². The maximum atomic E-state index is 11.5.